The fourth-order valence-corrected chi connectivity index (χ4v) is 5.10. The first kappa shape index (κ1) is 17.9. The van der Waals surface area contributed by atoms with Crippen LogP contribution in [0.4, 0.5) is 5.69 Å². The van der Waals surface area contributed by atoms with Crippen molar-refractivity contribution in [3.63, 3.8) is 0 Å². The molecule has 5 nitrogen and oxygen atoms in total. The number of nitrogens with zero attached hydrogens (tertiary/aromatic N) is 1. The quantitative estimate of drug-likeness (QED) is 0.819. The van der Waals surface area contributed by atoms with Crippen molar-refractivity contribution in [3.8, 4) is 0 Å². The number of sulfonamides is 1. The molecule has 1 saturated heterocycles. The van der Waals surface area contributed by atoms with Gasteiger partial charge in [-0.1, -0.05) is 40.2 Å². The first-order valence-corrected chi connectivity index (χ1v) is 10.4. The van der Waals surface area contributed by atoms with E-state index in [2.05, 4.69) is 21.2 Å². The number of nitrogens with one attached hydrogen (secondary N) is 1. The fourth-order valence-electron chi connectivity index (χ4n) is 2.92. The molecule has 1 atom stereocenters. The van der Waals surface area contributed by atoms with Gasteiger partial charge in [0.25, 0.3) is 5.91 Å². The average Bonchev–Trinajstić information content (AvgIpc) is 2.94. The number of rotatable bonds is 4. The molecule has 1 aliphatic heterocycles. The first-order valence-electron chi connectivity index (χ1n) is 8.04. The van der Waals surface area contributed by atoms with Crippen molar-refractivity contribution in [1.82, 2.24) is 5.32 Å². The van der Waals surface area contributed by atoms with E-state index >= 15 is 0 Å². The normalized spacial score (nSPS) is 17.3. The Hall–Kier alpha value is -1.86. The Morgan fingerprint density at radius 1 is 1.20 bits per heavy atom. The molecule has 0 bridgehead atoms. The van der Waals surface area contributed by atoms with E-state index in [-0.39, 0.29) is 17.7 Å². The number of carbonyl (C=O) groups is 1. The molecule has 2 aromatic carbocycles. The lowest BCUT2D eigenvalue weighted by Crippen LogP contribution is -2.28. The van der Waals surface area contributed by atoms with Crippen molar-refractivity contribution in [1.29, 1.82) is 0 Å². The van der Waals surface area contributed by atoms with Gasteiger partial charge in [-0.2, -0.15) is 0 Å². The van der Waals surface area contributed by atoms with E-state index in [1.165, 1.54) is 4.31 Å². The number of amides is 1. The third-order valence-corrected chi connectivity index (χ3v) is 6.81. The molecule has 0 unspecified atom stereocenters. The number of hydrogen-bond donors (Lipinski definition) is 1. The predicted molar refractivity (Wildman–Crippen MR) is 102 cm³/mol. The van der Waals surface area contributed by atoms with Gasteiger partial charge in [0.1, 0.15) is 0 Å². The van der Waals surface area contributed by atoms with Crippen LogP contribution in [0.5, 0.6) is 0 Å². The van der Waals surface area contributed by atoms with Gasteiger partial charge in [-0.05, 0) is 43.2 Å². The minimum Gasteiger partial charge on any atom is -0.345 e. The highest BCUT2D eigenvalue weighted by Crippen LogP contribution is 2.26. The lowest BCUT2D eigenvalue weighted by Gasteiger charge is -2.19. The summed E-state index contributed by atoms with van der Waals surface area (Å²) in [6.07, 6.45) is 0.609. The summed E-state index contributed by atoms with van der Waals surface area (Å²) in [5.41, 5.74) is 1.96. The predicted octanol–water partition coefficient (Wildman–Crippen LogP) is 3.48. The van der Waals surface area contributed by atoms with Crippen molar-refractivity contribution in [2.24, 2.45) is 0 Å². The maximum Gasteiger partial charge on any atom is 0.251 e. The number of anilines is 1. The maximum absolute atomic E-state index is 12.6. The zero-order chi connectivity index (χ0) is 18.0. The highest BCUT2D eigenvalue weighted by molar-refractivity contribution is 9.10. The second-order valence-corrected chi connectivity index (χ2v) is 8.88. The Morgan fingerprint density at radius 2 is 1.96 bits per heavy atom. The summed E-state index contributed by atoms with van der Waals surface area (Å²) in [5.74, 6) is -0.0793. The molecular weight excluding hydrogens is 404 g/mol. The highest BCUT2D eigenvalue weighted by Gasteiger charge is 2.28. The zero-order valence-electron chi connectivity index (χ0n) is 13.8. The fraction of sp³-hybridized carbons (Fsp3) is 0.278. The molecule has 1 aliphatic rings. The standard InChI is InChI=1S/C18H19BrN2O3S/c1-13(16-8-2-3-9-17(16)19)20-18(22)14-6-4-7-15(12-14)21-10-5-11-25(21,23)24/h2-4,6-9,12-13H,5,10-11H2,1H3,(H,20,22)/t13-/m0/s1. The summed E-state index contributed by atoms with van der Waals surface area (Å²) in [6, 6.07) is 14.3. The van der Waals surface area contributed by atoms with E-state index in [1.807, 2.05) is 31.2 Å². The van der Waals surface area contributed by atoms with Crippen LogP contribution in [-0.2, 0) is 10.0 Å². The van der Waals surface area contributed by atoms with Crippen LogP contribution in [-0.4, -0.2) is 26.6 Å². The topological polar surface area (TPSA) is 66.5 Å². The van der Waals surface area contributed by atoms with E-state index in [0.717, 1.165) is 10.0 Å². The summed E-state index contributed by atoms with van der Waals surface area (Å²) >= 11 is 3.49. The molecular formula is C18H19BrN2O3S. The van der Waals surface area contributed by atoms with Gasteiger partial charge in [-0.15, -0.1) is 0 Å². The van der Waals surface area contributed by atoms with Gasteiger partial charge in [0.15, 0.2) is 0 Å². The number of benzene rings is 2. The summed E-state index contributed by atoms with van der Waals surface area (Å²) < 4.78 is 26.4. The van der Waals surface area contributed by atoms with E-state index < -0.39 is 10.0 Å². The molecule has 0 aromatic heterocycles. The Morgan fingerprint density at radius 3 is 2.64 bits per heavy atom. The van der Waals surface area contributed by atoms with Crippen LogP contribution >= 0.6 is 15.9 Å². The van der Waals surface area contributed by atoms with Crippen LogP contribution in [0.25, 0.3) is 0 Å². The van der Waals surface area contributed by atoms with Crippen molar-refractivity contribution in [2.45, 2.75) is 19.4 Å². The van der Waals surface area contributed by atoms with Crippen molar-refractivity contribution < 1.29 is 13.2 Å². The van der Waals surface area contributed by atoms with E-state index in [0.29, 0.717) is 24.2 Å². The average molecular weight is 423 g/mol. The van der Waals surface area contributed by atoms with Gasteiger partial charge >= 0.3 is 0 Å². The number of hydrogen-bond acceptors (Lipinski definition) is 3. The molecule has 2 aromatic rings. The van der Waals surface area contributed by atoms with Crippen LogP contribution in [0.2, 0.25) is 0 Å². The number of carbonyl (C=O) groups excluding carboxylic acids is 1. The molecule has 3 rings (SSSR count). The molecule has 7 heteroatoms. The van der Waals surface area contributed by atoms with Crippen LogP contribution in [0, 0.1) is 0 Å². The molecule has 0 saturated carbocycles. The molecule has 1 heterocycles. The zero-order valence-corrected chi connectivity index (χ0v) is 16.2. The Balaban J connectivity index is 1.79. The van der Waals surface area contributed by atoms with E-state index in [4.69, 9.17) is 0 Å². The van der Waals surface area contributed by atoms with Gasteiger partial charge in [-0.3, -0.25) is 9.10 Å². The molecule has 1 amide bonds. The summed E-state index contributed by atoms with van der Waals surface area (Å²) in [7, 11) is -3.26. The van der Waals surface area contributed by atoms with E-state index in [1.54, 1.807) is 24.3 Å². The monoisotopic (exact) mass is 422 g/mol. The second-order valence-electron chi connectivity index (χ2n) is 6.01. The smallest absolute Gasteiger partial charge is 0.251 e. The molecule has 25 heavy (non-hydrogen) atoms. The van der Waals surface area contributed by atoms with Crippen molar-refractivity contribution in [3.05, 3.63) is 64.1 Å². The molecule has 0 radical (unpaired) electrons. The first-order chi connectivity index (χ1) is 11.9. The minimum atomic E-state index is -3.26. The molecule has 132 valence electrons. The van der Waals surface area contributed by atoms with Crippen LogP contribution < -0.4 is 9.62 Å². The Bertz CT molecular complexity index is 899. The minimum absolute atomic E-state index is 0.155. The van der Waals surface area contributed by atoms with E-state index in [9.17, 15) is 13.2 Å². The third kappa shape index (κ3) is 3.88. The van der Waals surface area contributed by atoms with Crippen LogP contribution in [0.1, 0.15) is 35.3 Å². The van der Waals surface area contributed by atoms with Gasteiger partial charge in [0, 0.05) is 16.6 Å². The summed E-state index contributed by atoms with van der Waals surface area (Å²) in [4.78, 5) is 12.6. The summed E-state index contributed by atoms with van der Waals surface area (Å²) in [6.45, 7) is 2.37. The largest absolute Gasteiger partial charge is 0.345 e. The molecule has 0 aliphatic carbocycles. The van der Waals surface area contributed by atoms with Crippen molar-refractivity contribution >= 4 is 37.5 Å². The second kappa shape index (κ2) is 7.17. The van der Waals surface area contributed by atoms with Crippen LogP contribution in [0.3, 0.4) is 0 Å². The maximum atomic E-state index is 12.6. The van der Waals surface area contributed by atoms with Gasteiger partial charge in [0.2, 0.25) is 10.0 Å². The Kier molecular flexibility index (Phi) is 5.15. The lowest BCUT2D eigenvalue weighted by atomic mass is 10.1. The van der Waals surface area contributed by atoms with Crippen LogP contribution in [0.15, 0.2) is 53.0 Å². The SMILES string of the molecule is C[C@H](NC(=O)c1cccc(N2CCCS2(=O)=O)c1)c1ccccc1Br. The summed E-state index contributed by atoms with van der Waals surface area (Å²) in [5, 5.41) is 2.95. The lowest BCUT2D eigenvalue weighted by molar-refractivity contribution is 0.0940. The highest BCUT2D eigenvalue weighted by atomic mass is 79.9. The third-order valence-electron chi connectivity index (χ3n) is 4.21. The molecule has 0 spiro atoms. The van der Waals surface area contributed by atoms with Gasteiger partial charge < -0.3 is 5.32 Å². The Labute approximate surface area is 156 Å². The van der Waals surface area contributed by atoms with Crippen molar-refractivity contribution in [2.75, 3.05) is 16.6 Å². The molecule has 1 fully saturated rings. The van der Waals surface area contributed by atoms with Gasteiger partial charge in [-0.25, -0.2) is 8.42 Å². The molecule has 1 N–H and O–H groups in total. The number of halogens is 1. The van der Waals surface area contributed by atoms with Gasteiger partial charge in [0.05, 0.1) is 17.5 Å².